The van der Waals surface area contributed by atoms with E-state index in [0.717, 1.165) is 11.1 Å². The zero-order valence-electron chi connectivity index (χ0n) is 16.2. The number of aliphatic hydroxyl groups is 1. The molecule has 0 radical (unpaired) electrons. The van der Waals surface area contributed by atoms with Crippen molar-refractivity contribution in [3.63, 3.8) is 0 Å². The van der Waals surface area contributed by atoms with E-state index in [1.54, 1.807) is 30.3 Å². The molecule has 0 saturated carbocycles. The van der Waals surface area contributed by atoms with Gasteiger partial charge >= 0.3 is 0 Å². The van der Waals surface area contributed by atoms with Crippen LogP contribution in [0, 0.1) is 12.7 Å². The number of aliphatic hydroxyl groups excluding tert-OH is 1. The van der Waals surface area contributed by atoms with E-state index in [4.69, 9.17) is 16.3 Å². The van der Waals surface area contributed by atoms with Gasteiger partial charge in [-0.3, -0.25) is 4.90 Å². The molecule has 5 nitrogen and oxygen atoms in total. The standard InChI is InChI=1S/C21H25ClFNO4S/c1-15-9-20(5-6-21(15)22)28-13-19(25)12-24(18-7-8-29(26,27)14-18)11-16-3-2-4-17(23)10-16/h2-6,9-10,18-19,25H,7-8,11-14H2,1H3. The third-order valence-corrected chi connectivity index (χ3v) is 7.19. The molecular formula is C21H25ClFNO4S. The number of sulfone groups is 1. The second-order valence-electron chi connectivity index (χ2n) is 7.49. The van der Waals surface area contributed by atoms with Crippen molar-refractivity contribution in [3.05, 3.63) is 64.4 Å². The Bertz CT molecular complexity index is 953. The summed E-state index contributed by atoms with van der Waals surface area (Å²) >= 11 is 6.01. The van der Waals surface area contributed by atoms with E-state index in [2.05, 4.69) is 0 Å². The van der Waals surface area contributed by atoms with Crippen LogP contribution in [0.2, 0.25) is 5.02 Å². The van der Waals surface area contributed by atoms with Gasteiger partial charge in [0.15, 0.2) is 9.84 Å². The second kappa shape index (κ2) is 9.43. The molecule has 0 spiro atoms. The predicted molar refractivity (Wildman–Crippen MR) is 112 cm³/mol. The Morgan fingerprint density at radius 2 is 2.10 bits per heavy atom. The van der Waals surface area contributed by atoms with Crippen LogP contribution >= 0.6 is 11.6 Å². The fraction of sp³-hybridized carbons (Fsp3) is 0.429. The first-order chi connectivity index (χ1) is 13.7. The summed E-state index contributed by atoms with van der Waals surface area (Å²) in [5.74, 6) is 0.440. The number of halogens is 2. The highest BCUT2D eigenvalue weighted by Gasteiger charge is 2.33. The van der Waals surface area contributed by atoms with Gasteiger partial charge in [0, 0.05) is 24.2 Å². The molecule has 8 heteroatoms. The Morgan fingerprint density at radius 1 is 1.31 bits per heavy atom. The summed E-state index contributed by atoms with van der Waals surface area (Å²) in [6.07, 6.45) is -0.329. The Morgan fingerprint density at radius 3 is 2.76 bits per heavy atom. The molecule has 1 saturated heterocycles. The van der Waals surface area contributed by atoms with E-state index < -0.39 is 15.9 Å². The van der Waals surface area contributed by atoms with Crippen LogP contribution < -0.4 is 4.74 Å². The molecule has 2 unspecified atom stereocenters. The van der Waals surface area contributed by atoms with Crippen LogP contribution in [0.4, 0.5) is 4.39 Å². The molecular weight excluding hydrogens is 417 g/mol. The summed E-state index contributed by atoms with van der Waals surface area (Å²) in [7, 11) is -3.08. The summed E-state index contributed by atoms with van der Waals surface area (Å²) in [6, 6.07) is 11.3. The maximum Gasteiger partial charge on any atom is 0.151 e. The Kier molecular flexibility index (Phi) is 7.16. The lowest BCUT2D eigenvalue weighted by Crippen LogP contribution is -2.42. The molecule has 29 heavy (non-hydrogen) atoms. The summed E-state index contributed by atoms with van der Waals surface area (Å²) in [5.41, 5.74) is 1.61. The van der Waals surface area contributed by atoms with E-state index >= 15 is 0 Å². The lowest BCUT2D eigenvalue weighted by Gasteiger charge is -2.30. The van der Waals surface area contributed by atoms with Gasteiger partial charge in [-0.05, 0) is 54.8 Å². The quantitative estimate of drug-likeness (QED) is 0.681. The Labute approximate surface area is 176 Å². The van der Waals surface area contributed by atoms with Crippen LogP contribution in [0.1, 0.15) is 17.5 Å². The number of aryl methyl sites for hydroxylation is 1. The molecule has 0 amide bonds. The molecule has 158 valence electrons. The van der Waals surface area contributed by atoms with Gasteiger partial charge in [-0.1, -0.05) is 23.7 Å². The van der Waals surface area contributed by atoms with Gasteiger partial charge in [-0.15, -0.1) is 0 Å². The smallest absolute Gasteiger partial charge is 0.151 e. The number of benzene rings is 2. The van der Waals surface area contributed by atoms with Crippen molar-refractivity contribution in [1.29, 1.82) is 0 Å². The number of hydrogen-bond donors (Lipinski definition) is 1. The van der Waals surface area contributed by atoms with Gasteiger partial charge < -0.3 is 9.84 Å². The Balaban J connectivity index is 1.65. The van der Waals surface area contributed by atoms with E-state index in [1.807, 2.05) is 11.8 Å². The number of nitrogens with zero attached hydrogens (tertiary/aromatic N) is 1. The fourth-order valence-corrected chi connectivity index (χ4v) is 5.38. The van der Waals surface area contributed by atoms with E-state index in [1.165, 1.54) is 12.1 Å². The first-order valence-corrected chi connectivity index (χ1v) is 11.7. The van der Waals surface area contributed by atoms with E-state index in [-0.39, 0.29) is 36.5 Å². The largest absolute Gasteiger partial charge is 0.491 e. The molecule has 1 heterocycles. The number of rotatable bonds is 8. The monoisotopic (exact) mass is 441 g/mol. The first kappa shape index (κ1) is 22.0. The van der Waals surface area contributed by atoms with Crippen LogP contribution in [-0.2, 0) is 16.4 Å². The van der Waals surface area contributed by atoms with E-state index in [0.29, 0.717) is 23.7 Å². The van der Waals surface area contributed by atoms with Gasteiger partial charge in [0.25, 0.3) is 0 Å². The van der Waals surface area contributed by atoms with Crippen LogP contribution in [0.5, 0.6) is 5.75 Å². The fourth-order valence-electron chi connectivity index (χ4n) is 3.50. The highest BCUT2D eigenvalue weighted by molar-refractivity contribution is 7.91. The van der Waals surface area contributed by atoms with Crippen molar-refractivity contribution in [1.82, 2.24) is 4.90 Å². The highest BCUT2D eigenvalue weighted by Crippen LogP contribution is 2.23. The van der Waals surface area contributed by atoms with Gasteiger partial charge in [-0.2, -0.15) is 0 Å². The van der Waals surface area contributed by atoms with Crippen molar-refractivity contribution in [3.8, 4) is 5.75 Å². The minimum atomic E-state index is -3.08. The number of ether oxygens (including phenoxy) is 1. The molecule has 1 aliphatic rings. The minimum absolute atomic E-state index is 0.0479. The van der Waals surface area contributed by atoms with Crippen molar-refractivity contribution >= 4 is 21.4 Å². The van der Waals surface area contributed by atoms with Crippen LogP contribution in [-0.4, -0.2) is 55.2 Å². The maximum absolute atomic E-state index is 13.6. The molecule has 2 aromatic carbocycles. The molecule has 2 aromatic rings. The molecule has 0 bridgehead atoms. The normalized spacial score (nSPS) is 19.4. The average Bonchev–Trinajstić information content (AvgIpc) is 3.02. The third kappa shape index (κ3) is 6.40. The van der Waals surface area contributed by atoms with Crippen molar-refractivity contribution in [2.45, 2.75) is 32.0 Å². The molecule has 3 rings (SSSR count). The van der Waals surface area contributed by atoms with Gasteiger partial charge in [-0.25, -0.2) is 12.8 Å². The predicted octanol–water partition coefficient (Wildman–Crippen LogP) is 3.22. The summed E-state index contributed by atoms with van der Waals surface area (Å²) in [5, 5.41) is 11.2. The van der Waals surface area contributed by atoms with Gasteiger partial charge in [0.1, 0.15) is 24.3 Å². The lowest BCUT2D eigenvalue weighted by molar-refractivity contribution is 0.0524. The molecule has 0 aromatic heterocycles. The van der Waals surface area contributed by atoms with Gasteiger partial charge in [0.05, 0.1) is 11.5 Å². The molecule has 1 aliphatic heterocycles. The van der Waals surface area contributed by atoms with Crippen LogP contribution in [0.15, 0.2) is 42.5 Å². The summed E-state index contributed by atoms with van der Waals surface area (Å²) in [6.45, 7) is 2.51. The number of hydrogen-bond acceptors (Lipinski definition) is 5. The lowest BCUT2D eigenvalue weighted by atomic mass is 10.1. The summed E-state index contributed by atoms with van der Waals surface area (Å²) in [4.78, 5) is 1.90. The molecule has 1 N–H and O–H groups in total. The topological polar surface area (TPSA) is 66.8 Å². The molecule has 2 atom stereocenters. The van der Waals surface area contributed by atoms with Crippen molar-refractivity contribution in [2.24, 2.45) is 0 Å². The SMILES string of the molecule is Cc1cc(OCC(O)CN(Cc2cccc(F)c2)C2CCS(=O)(=O)C2)ccc1Cl. The zero-order chi connectivity index (χ0) is 21.0. The third-order valence-electron chi connectivity index (χ3n) is 5.02. The van der Waals surface area contributed by atoms with Crippen molar-refractivity contribution < 1.29 is 22.7 Å². The average molecular weight is 442 g/mol. The minimum Gasteiger partial charge on any atom is -0.491 e. The summed E-state index contributed by atoms with van der Waals surface area (Å²) < 4.78 is 43.1. The first-order valence-electron chi connectivity index (χ1n) is 9.48. The zero-order valence-corrected chi connectivity index (χ0v) is 17.8. The highest BCUT2D eigenvalue weighted by atomic mass is 35.5. The second-order valence-corrected chi connectivity index (χ2v) is 10.1. The van der Waals surface area contributed by atoms with Crippen LogP contribution in [0.3, 0.4) is 0 Å². The van der Waals surface area contributed by atoms with Gasteiger partial charge in [0.2, 0.25) is 0 Å². The molecule has 0 aliphatic carbocycles. The Hall–Kier alpha value is -1.67. The van der Waals surface area contributed by atoms with Crippen LogP contribution in [0.25, 0.3) is 0 Å². The maximum atomic E-state index is 13.6. The molecule has 1 fully saturated rings. The van der Waals surface area contributed by atoms with E-state index in [9.17, 15) is 17.9 Å². The van der Waals surface area contributed by atoms with Crippen molar-refractivity contribution in [2.75, 3.05) is 24.7 Å².